The molecule has 0 saturated carbocycles. The molecule has 0 aromatic carbocycles. The third kappa shape index (κ3) is 2.87. The molecular weight excluding hydrogens is 202 g/mol. The number of nitrogens with one attached hydrogen (secondary N) is 1. The van der Waals surface area contributed by atoms with Crippen molar-refractivity contribution >= 4 is 6.08 Å². The van der Waals surface area contributed by atoms with Crippen LogP contribution in [-0.2, 0) is 0 Å². The Kier molecular flexibility index (Phi) is 3.62. The number of hydrogen-bond donors (Lipinski definition) is 1. The zero-order valence-corrected chi connectivity index (χ0v) is 9.22. The molecule has 84 valence electrons. The SMILES string of the molecule is CC(NC/C=C/c1ccco1)c1ccco1. The molecule has 0 radical (unpaired) electrons. The smallest absolute Gasteiger partial charge is 0.126 e. The predicted molar refractivity (Wildman–Crippen MR) is 62.9 cm³/mol. The van der Waals surface area contributed by atoms with Crippen LogP contribution in [0.3, 0.4) is 0 Å². The molecule has 3 nitrogen and oxygen atoms in total. The van der Waals surface area contributed by atoms with Gasteiger partial charge in [0.2, 0.25) is 0 Å². The summed E-state index contributed by atoms with van der Waals surface area (Å²) in [5.41, 5.74) is 0. The molecule has 0 bridgehead atoms. The fourth-order valence-corrected chi connectivity index (χ4v) is 1.44. The van der Waals surface area contributed by atoms with Crippen molar-refractivity contribution in [1.29, 1.82) is 0 Å². The van der Waals surface area contributed by atoms with Crippen molar-refractivity contribution in [3.63, 3.8) is 0 Å². The first-order chi connectivity index (χ1) is 7.86. The van der Waals surface area contributed by atoms with E-state index >= 15 is 0 Å². The van der Waals surface area contributed by atoms with E-state index in [1.54, 1.807) is 12.5 Å². The van der Waals surface area contributed by atoms with Crippen molar-refractivity contribution in [2.24, 2.45) is 0 Å². The van der Waals surface area contributed by atoms with Crippen molar-refractivity contribution in [3.8, 4) is 0 Å². The molecule has 0 aliphatic rings. The van der Waals surface area contributed by atoms with E-state index in [0.29, 0.717) is 0 Å². The summed E-state index contributed by atoms with van der Waals surface area (Å²) in [6.07, 6.45) is 7.32. The fraction of sp³-hybridized carbons (Fsp3) is 0.231. The maximum Gasteiger partial charge on any atom is 0.126 e. The van der Waals surface area contributed by atoms with Crippen molar-refractivity contribution in [2.75, 3.05) is 6.54 Å². The summed E-state index contributed by atoms with van der Waals surface area (Å²) in [6.45, 7) is 2.85. The summed E-state index contributed by atoms with van der Waals surface area (Å²) >= 11 is 0. The Hall–Kier alpha value is -1.74. The van der Waals surface area contributed by atoms with Gasteiger partial charge in [-0.3, -0.25) is 0 Å². The van der Waals surface area contributed by atoms with Gasteiger partial charge in [-0.05, 0) is 37.3 Å². The van der Waals surface area contributed by atoms with Crippen LogP contribution in [0.15, 0.2) is 51.7 Å². The van der Waals surface area contributed by atoms with Crippen LogP contribution in [-0.4, -0.2) is 6.54 Å². The summed E-state index contributed by atoms with van der Waals surface area (Å²) in [5.74, 6) is 1.82. The first-order valence-corrected chi connectivity index (χ1v) is 5.33. The second kappa shape index (κ2) is 5.37. The first-order valence-electron chi connectivity index (χ1n) is 5.33. The van der Waals surface area contributed by atoms with Crippen molar-refractivity contribution in [3.05, 3.63) is 54.4 Å². The van der Waals surface area contributed by atoms with Gasteiger partial charge in [0, 0.05) is 6.54 Å². The van der Waals surface area contributed by atoms with Gasteiger partial charge >= 0.3 is 0 Å². The van der Waals surface area contributed by atoms with E-state index in [-0.39, 0.29) is 6.04 Å². The average Bonchev–Trinajstić information content (AvgIpc) is 2.96. The maximum absolute atomic E-state index is 5.29. The Bertz CT molecular complexity index is 415. The average molecular weight is 217 g/mol. The Morgan fingerprint density at radius 2 is 2.06 bits per heavy atom. The Morgan fingerprint density at radius 3 is 2.75 bits per heavy atom. The van der Waals surface area contributed by atoms with E-state index in [9.17, 15) is 0 Å². The Balaban J connectivity index is 1.76. The minimum atomic E-state index is 0.219. The van der Waals surface area contributed by atoms with Crippen LogP contribution >= 0.6 is 0 Å². The number of furan rings is 2. The zero-order valence-electron chi connectivity index (χ0n) is 9.22. The normalized spacial score (nSPS) is 13.3. The highest BCUT2D eigenvalue weighted by Crippen LogP contribution is 2.11. The van der Waals surface area contributed by atoms with Gasteiger partial charge in [-0.15, -0.1) is 0 Å². The van der Waals surface area contributed by atoms with Gasteiger partial charge in [0.05, 0.1) is 18.6 Å². The molecule has 1 N–H and O–H groups in total. The molecule has 1 atom stereocenters. The number of rotatable bonds is 5. The molecule has 1 unspecified atom stereocenters. The molecule has 0 saturated heterocycles. The zero-order chi connectivity index (χ0) is 11.2. The van der Waals surface area contributed by atoms with Crippen LogP contribution in [0.2, 0.25) is 0 Å². The lowest BCUT2D eigenvalue weighted by atomic mass is 10.2. The van der Waals surface area contributed by atoms with Crippen molar-refractivity contribution < 1.29 is 8.83 Å². The second-order valence-electron chi connectivity index (χ2n) is 3.56. The molecule has 2 heterocycles. The summed E-state index contributed by atoms with van der Waals surface area (Å²) in [5, 5.41) is 3.33. The van der Waals surface area contributed by atoms with E-state index in [1.165, 1.54) is 0 Å². The minimum Gasteiger partial charge on any atom is -0.468 e. The monoisotopic (exact) mass is 217 g/mol. The maximum atomic E-state index is 5.29. The minimum absolute atomic E-state index is 0.219. The van der Waals surface area contributed by atoms with Crippen LogP contribution in [0, 0.1) is 0 Å². The quantitative estimate of drug-likeness (QED) is 0.835. The van der Waals surface area contributed by atoms with Gasteiger partial charge in [-0.25, -0.2) is 0 Å². The lowest BCUT2D eigenvalue weighted by Crippen LogP contribution is -2.17. The highest BCUT2D eigenvalue weighted by Gasteiger charge is 2.04. The first kappa shape index (κ1) is 10.8. The molecule has 2 rings (SSSR count). The topological polar surface area (TPSA) is 38.3 Å². The van der Waals surface area contributed by atoms with E-state index < -0.39 is 0 Å². The van der Waals surface area contributed by atoms with Crippen molar-refractivity contribution in [1.82, 2.24) is 5.32 Å². The van der Waals surface area contributed by atoms with Gasteiger partial charge in [0.1, 0.15) is 11.5 Å². The summed E-state index contributed by atoms with van der Waals surface area (Å²) in [7, 11) is 0. The largest absolute Gasteiger partial charge is 0.468 e. The van der Waals surface area contributed by atoms with E-state index in [4.69, 9.17) is 8.83 Å². The summed E-state index contributed by atoms with van der Waals surface area (Å²) in [6, 6.07) is 7.88. The van der Waals surface area contributed by atoms with Crippen LogP contribution in [0.25, 0.3) is 6.08 Å². The molecule has 0 aliphatic carbocycles. The fourth-order valence-electron chi connectivity index (χ4n) is 1.44. The lowest BCUT2D eigenvalue weighted by molar-refractivity contribution is 0.442. The molecule has 16 heavy (non-hydrogen) atoms. The molecule has 2 aromatic rings. The summed E-state index contributed by atoms with van der Waals surface area (Å²) in [4.78, 5) is 0. The van der Waals surface area contributed by atoms with Crippen molar-refractivity contribution in [2.45, 2.75) is 13.0 Å². The molecule has 0 aliphatic heterocycles. The highest BCUT2D eigenvalue weighted by molar-refractivity contribution is 5.42. The van der Waals surface area contributed by atoms with Gasteiger partial charge in [0.25, 0.3) is 0 Å². The predicted octanol–water partition coefficient (Wildman–Crippen LogP) is 3.24. The molecular formula is C13H15NO2. The van der Waals surface area contributed by atoms with Gasteiger partial charge in [0.15, 0.2) is 0 Å². The van der Waals surface area contributed by atoms with Gasteiger partial charge in [-0.1, -0.05) is 6.08 Å². The Morgan fingerprint density at radius 1 is 1.25 bits per heavy atom. The van der Waals surface area contributed by atoms with Crippen LogP contribution in [0.5, 0.6) is 0 Å². The molecule has 0 spiro atoms. The molecule has 3 heteroatoms. The van der Waals surface area contributed by atoms with Crippen LogP contribution < -0.4 is 5.32 Å². The number of hydrogen-bond acceptors (Lipinski definition) is 3. The van der Waals surface area contributed by atoms with Crippen LogP contribution in [0.1, 0.15) is 24.5 Å². The third-order valence-electron chi connectivity index (χ3n) is 2.34. The van der Waals surface area contributed by atoms with E-state index in [0.717, 1.165) is 18.1 Å². The lowest BCUT2D eigenvalue weighted by Gasteiger charge is -2.08. The molecule has 0 fully saturated rings. The van der Waals surface area contributed by atoms with E-state index in [1.807, 2.05) is 36.4 Å². The van der Waals surface area contributed by atoms with Crippen LogP contribution in [0.4, 0.5) is 0 Å². The molecule has 0 amide bonds. The third-order valence-corrected chi connectivity index (χ3v) is 2.34. The second-order valence-corrected chi connectivity index (χ2v) is 3.56. The van der Waals surface area contributed by atoms with Gasteiger partial charge in [-0.2, -0.15) is 0 Å². The summed E-state index contributed by atoms with van der Waals surface area (Å²) < 4.78 is 10.5. The standard InChI is InChI=1S/C13H15NO2/c1-11(13-7-4-10-16-13)14-8-2-5-12-6-3-9-15-12/h2-7,9-11,14H,8H2,1H3/b5-2+. The van der Waals surface area contributed by atoms with E-state index in [2.05, 4.69) is 12.2 Å². The Labute approximate surface area is 94.8 Å². The molecule has 2 aromatic heterocycles. The highest BCUT2D eigenvalue weighted by atomic mass is 16.3. The van der Waals surface area contributed by atoms with Gasteiger partial charge < -0.3 is 14.2 Å².